The Kier molecular flexibility index (Phi) is 6.02. The van der Waals surface area contributed by atoms with Gasteiger partial charge in [0.05, 0.1) is 18.7 Å². The van der Waals surface area contributed by atoms with E-state index in [1.165, 1.54) is 4.90 Å². The predicted octanol–water partition coefficient (Wildman–Crippen LogP) is 1.18. The second-order valence-electron chi connectivity index (χ2n) is 4.98. The SMILES string of the molecule is CCn1nccc1NC(=O)C(=O)N(CCC#N)Cc1cccnc1. The largest absolute Gasteiger partial charge is 0.329 e. The van der Waals surface area contributed by atoms with E-state index in [2.05, 4.69) is 15.4 Å². The maximum absolute atomic E-state index is 12.4. The molecule has 0 aliphatic carbocycles. The number of hydrogen-bond donors (Lipinski definition) is 1. The van der Waals surface area contributed by atoms with Crippen LogP contribution in [0.2, 0.25) is 0 Å². The van der Waals surface area contributed by atoms with Gasteiger partial charge in [-0.1, -0.05) is 6.07 Å². The molecule has 0 aliphatic rings. The molecule has 8 nitrogen and oxygen atoms in total. The Morgan fingerprint density at radius 3 is 2.88 bits per heavy atom. The lowest BCUT2D eigenvalue weighted by Gasteiger charge is -2.21. The highest BCUT2D eigenvalue weighted by Gasteiger charge is 2.23. The molecule has 8 heteroatoms. The number of rotatable bonds is 6. The third-order valence-corrected chi connectivity index (χ3v) is 3.33. The highest BCUT2D eigenvalue weighted by molar-refractivity contribution is 6.39. The van der Waals surface area contributed by atoms with E-state index >= 15 is 0 Å². The van der Waals surface area contributed by atoms with Crippen molar-refractivity contribution in [3.05, 3.63) is 42.4 Å². The van der Waals surface area contributed by atoms with E-state index < -0.39 is 11.8 Å². The minimum absolute atomic E-state index is 0.145. The Morgan fingerprint density at radius 2 is 2.21 bits per heavy atom. The number of nitrogens with one attached hydrogen (secondary N) is 1. The Morgan fingerprint density at radius 1 is 1.38 bits per heavy atom. The van der Waals surface area contributed by atoms with Crippen LogP contribution in [0.5, 0.6) is 0 Å². The molecule has 0 aliphatic heterocycles. The fraction of sp³-hybridized carbons (Fsp3) is 0.312. The number of carbonyl (C=O) groups is 2. The molecule has 2 amide bonds. The highest BCUT2D eigenvalue weighted by Crippen LogP contribution is 2.08. The minimum atomic E-state index is -0.757. The minimum Gasteiger partial charge on any atom is -0.329 e. The average Bonchev–Trinajstić information content (AvgIpc) is 3.06. The molecule has 0 bridgehead atoms. The Hall–Kier alpha value is -3.21. The van der Waals surface area contributed by atoms with Gasteiger partial charge in [0.1, 0.15) is 5.82 Å². The summed E-state index contributed by atoms with van der Waals surface area (Å²) in [7, 11) is 0. The Labute approximate surface area is 139 Å². The van der Waals surface area contributed by atoms with Crippen molar-refractivity contribution < 1.29 is 9.59 Å². The maximum Gasteiger partial charge on any atom is 0.315 e. The van der Waals surface area contributed by atoms with E-state index in [4.69, 9.17) is 5.26 Å². The normalized spacial score (nSPS) is 10.0. The van der Waals surface area contributed by atoms with Crippen LogP contribution in [0.4, 0.5) is 5.82 Å². The zero-order chi connectivity index (χ0) is 17.4. The average molecular weight is 326 g/mol. The maximum atomic E-state index is 12.4. The van der Waals surface area contributed by atoms with Crippen molar-refractivity contribution in [3.63, 3.8) is 0 Å². The van der Waals surface area contributed by atoms with Crippen molar-refractivity contribution in [2.24, 2.45) is 0 Å². The van der Waals surface area contributed by atoms with Gasteiger partial charge in [0.2, 0.25) is 0 Å². The lowest BCUT2D eigenvalue weighted by atomic mass is 10.2. The molecular weight excluding hydrogens is 308 g/mol. The number of nitrogens with zero attached hydrogens (tertiary/aromatic N) is 5. The molecule has 24 heavy (non-hydrogen) atoms. The lowest BCUT2D eigenvalue weighted by molar-refractivity contribution is -0.143. The van der Waals surface area contributed by atoms with Gasteiger partial charge in [0.15, 0.2) is 0 Å². The molecule has 0 radical (unpaired) electrons. The molecule has 0 saturated heterocycles. The Balaban J connectivity index is 2.08. The van der Waals surface area contributed by atoms with Gasteiger partial charge in [-0.2, -0.15) is 10.4 Å². The first-order chi connectivity index (χ1) is 11.7. The zero-order valence-corrected chi connectivity index (χ0v) is 13.3. The molecule has 0 saturated carbocycles. The number of carbonyl (C=O) groups excluding carboxylic acids is 2. The molecule has 2 heterocycles. The lowest BCUT2D eigenvalue weighted by Crippen LogP contribution is -2.40. The third kappa shape index (κ3) is 4.39. The van der Waals surface area contributed by atoms with Crippen LogP contribution in [0, 0.1) is 11.3 Å². The molecule has 2 rings (SSSR count). The van der Waals surface area contributed by atoms with E-state index in [-0.39, 0.29) is 19.5 Å². The second-order valence-corrected chi connectivity index (χ2v) is 4.98. The van der Waals surface area contributed by atoms with Crippen LogP contribution in [0.25, 0.3) is 0 Å². The van der Waals surface area contributed by atoms with Gasteiger partial charge in [-0.05, 0) is 18.6 Å². The summed E-state index contributed by atoms with van der Waals surface area (Å²) in [5.74, 6) is -0.998. The predicted molar refractivity (Wildman–Crippen MR) is 86.4 cm³/mol. The zero-order valence-electron chi connectivity index (χ0n) is 13.3. The van der Waals surface area contributed by atoms with Crippen LogP contribution in [0.3, 0.4) is 0 Å². The molecule has 2 aromatic rings. The molecule has 0 fully saturated rings. The number of anilines is 1. The molecule has 0 aromatic carbocycles. The van der Waals surface area contributed by atoms with E-state index in [0.29, 0.717) is 12.4 Å². The number of amides is 2. The summed E-state index contributed by atoms with van der Waals surface area (Å²) in [6.07, 6.45) is 4.94. The fourth-order valence-corrected chi connectivity index (χ4v) is 2.15. The molecule has 124 valence electrons. The van der Waals surface area contributed by atoms with Gasteiger partial charge in [-0.3, -0.25) is 14.6 Å². The number of hydrogen-bond acceptors (Lipinski definition) is 5. The number of nitriles is 1. The first-order valence-corrected chi connectivity index (χ1v) is 7.53. The van der Waals surface area contributed by atoms with E-state index in [9.17, 15) is 9.59 Å². The van der Waals surface area contributed by atoms with Crippen molar-refractivity contribution in [3.8, 4) is 6.07 Å². The summed E-state index contributed by atoms with van der Waals surface area (Å²) in [6.45, 7) is 2.84. The monoisotopic (exact) mass is 326 g/mol. The highest BCUT2D eigenvalue weighted by atomic mass is 16.2. The Bertz CT molecular complexity index is 735. The molecule has 1 N–H and O–H groups in total. The topological polar surface area (TPSA) is 104 Å². The van der Waals surface area contributed by atoms with Crippen LogP contribution in [0.1, 0.15) is 18.9 Å². The van der Waals surface area contributed by atoms with Crippen LogP contribution in [0.15, 0.2) is 36.8 Å². The first-order valence-electron chi connectivity index (χ1n) is 7.53. The molecule has 0 atom stereocenters. The summed E-state index contributed by atoms with van der Waals surface area (Å²) >= 11 is 0. The third-order valence-electron chi connectivity index (χ3n) is 3.33. The summed E-state index contributed by atoms with van der Waals surface area (Å²) in [6, 6.07) is 7.17. The van der Waals surface area contributed by atoms with Crippen LogP contribution in [-0.4, -0.2) is 38.0 Å². The van der Waals surface area contributed by atoms with Gasteiger partial charge in [-0.15, -0.1) is 0 Å². The molecule has 0 spiro atoms. The van der Waals surface area contributed by atoms with E-state index in [1.807, 2.05) is 19.1 Å². The van der Waals surface area contributed by atoms with Crippen LogP contribution < -0.4 is 5.32 Å². The molecule has 2 aromatic heterocycles. The van der Waals surface area contributed by atoms with Crippen molar-refractivity contribution in [2.45, 2.75) is 26.4 Å². The first kappa shape index (κ1) is 17.1. The van der Waals surface area contributed by atoms with Crippen molar-refractivity contribution in [1.29, 1.82) is 5.26 Å². The summed E-state index contributed by atoms with van der Waals surface area (Å²) in [4.78, 5) is 30.0. The van der Waals surface area contributed by atoms with Crippen molar-refractivity contribution in [2.75, 3.05) is 11.9 Å². The van der Waals surface area contributed by atoms with Gasteiger partial charge < -0.3 is 10.2 Å². The van der Waals surface area contributed by atoms with Gasteiger partial charge in [0.25, 0.3) is 0 Å². The van der Waals surface area contributed by atoms with Gasteiger partial charge >= 0.3 is 11.8 Å². The van der Waals surface area contributed by atoms with E-state index in [0.717, 1.165) is 5.56 Å². The number of aromatic nitrogens is 3. The number of aryl methyl sites for hydroxylation is 1. The van der Waals surface area contributed by atoms with Crippen LogP contribution in [-0.2, 0) is 22.7 Å². The van der Waals surface area contributed by atoms with E-state index in [1.54, 1.807) is 35.4 Å². The van der Waals surface area contributed by atoms with Gasteiger partial charge in [0, 0.05) is 38.1 Å². The second kappa shape index (κ2) is 8.43. The standard InChI is InChI=1S/C16H18N6O2/c1-2-22-14(6-9-19-22)20-15(23)16(24)21(10-4-7-17)12-13-5-3-8-18-11-13/h3,5-6,8-9,11H,2,4,10,12H2,1H3,(H,20,23). The summed E-state index contributed by atoms with van der Waals surface area (Å²) in [5, 5.41) is 15.4. The molecular formula is C16H18N6O2. The number of pyridine rings is 1. The smallest absolute Gasteiger partial charge is 0.315 e. The fourth-order valence-electron chi connectivity index (χ4n) is 2.15. The summed E-state index contributed by atoms with van der Waals surface area (Å²) < 4.78 is 1.58. The summed E-state index contributed by atoms with van der Waals surface area (Å²) in [5.41, 5.74) is 0.787. The van der Waals surface area contributed by atoms with Gasteiger partial charge in [-0.25, -0.2) is 4.68 Å². The van der Waals surface area contributed by atoms with Crippen LogP contribution >= 0.6 is 0 Å². The van der Waals surface area contributed by atoms with Crippen molar-refractivity contribution >= 4 is 17.6 Å². The van der Waals surface area contributed by atoms with Crippen molar-refractivity contribution in [1.82, 2.24) is 19.7 Å². The quantitative estimate of drug-likeness (QED) is 0.803. The molecule has 0 unspecified atom stereocenters.